The maximum Gasteiger partial charge on any atom is 0.284 e. The molecule has 1 amide bonds. The minimum absolute atomic E-state index is 0.218. The minimum atomic E-state index is -0.750. The lowest BCUT2D eigenvalue weighted by Crippen LogP contribution is -2.24. The van der Waals surface area contributed by atoms with Gasteiger partial charge in [0.05, 0.1) is 23.7 Å². The van der Waals surface area contributed by atoms with E-state index in [9.17, 15) is 20.0 Å². The van der Waals surface area contributed by atoms with Gasteiger partial charge in [-0.05, 0) is 12.1 Å². The summed E-state index contributed by atoms with van der Waals surface area (Å²) in [7, 11) is 4.13. The predicted molar refractivity (Wildman–Crippen MR) is 73.5 cm³/mol. The molecule has 21 heavy (non-hydrogen) atoms. The first-order valence-electron chi connectivity index (χ1n) is 5.71. The van der Waals surface area contributed by atoms with Crippen molar-refractivity contribution < 1.29 is 19.6 Å². The van der Waals surface area contributed by atoms with Crippen molar-refractivity contribution in [1.29, 1.82) is 5.26 Å². The highest BCUT2D eigenvalue weighted by molar-refractivity contribution is 6.03. The van der Waals surface area contributed by atoms with E-state index in [0.717, 1.165) is 11.0 Å². The average molecular weight is 291 g/mol. The molecular formula is C13H13N3O5. The van der Waals surface area contributed by atoms with Gasteiger partial charge in [-0.25, -0.2) is 0 Å². The Morgan fingerprint density at radius 1 is 1.48 bits per heavy atom. The van der Waals surface area contributed by atoms with E-state index in [1.807, 2.05) is 0 Å². The van der Waals surface area contributed by atoms with Crippen molar-refractivity contribution >= 4 is 17.4 Å². The van der Waals surface area contributed by atoms with Crippen LogP contribution >= 0.6 is 0 Å². The SMILES string of the molecule is COc1ccc(C(O)=C(C#N)C(=O)N(C)C)c([N+](=O)[O-])c1. The molecule has 0 aliphatic carbocycles. The third kappa shape index (κ3) is 3.27. The van der Waals surface area contributed by atoms with E-state index in [2.05, 4.69) is 0 Å². The summed E-state index contributed by atoms with van der Waals surface area (Å²) >= 11 is 0. The summed E-state index contributed by atoms with van der Waals surface area (Å²) in [6.45, 7) is 0. The standard InChI is InChI=1S/C13H13N3O5/c1-15(2)13(18)10(7-14)12(17)9-5-4-8(21-3)6-11(9)16(19)20/h4-6,17H,1-3H3. The molecule has 8 nitrogen and oxygen atoms in total. The lowest BCUT2D eigenvalue weighted by molar-refractivity contribution is -0.385. The van der Waals surface area contributed by atoms with Crippen molar-refractivity contribution in [2.75, 3.05) is 21.2 Å². The predicted octanol–water partition coefficient (Wildman–Crippen LogP) is 1.48. The topological polar surface area (TPSA) is 117 Å². The number of nitro groups is 1. The Morgan fingerprint density at radius 2 is 2.10 bits per heavy atom. The third-order valence-electron chi connectivity index (χ3n) is 2.63. The number of ether oxygens (including phenoxy) is 1. The van der Waals surface area contributed by atoms with Gasteiger partial charge in [0.25, 0.3) is 11.6 Å². The van der Waals surface area contributed by atoms with Crippen LogP contribution in [0.5, 0.6) is 5.75 Å². The van der Waals surface area contributed by atoms with Crippen LogP contribution in [0.1, 0.15) is 5.56 Å². The number of nitrogens with zero attached hydrogens (tertiary/aromatic N) is 3. The van der Waals surface area contributed by atoms with Crippen LogP contribution in [0.15, 0.2) is 23.8 Å². The smallest absolute Gasteiger partial charge is 0.284 e. The van der Waals surface area contributed by atoms with Crippen LogP contribution in [-0.2, 0) is 4.79 Å². The Hall–Kier alpha value is -3.08. The van der Waals surface area contributed by atoms with Gasteiger partial charge in [-0.1, -0.05) is 0 Å². The molecule has 0 aliphatic rings. The fraction of sp³-hybridized carbons (Fsp3) is 0.231. The number of likely N-dealkylation sites (N-methyl/N-ethyl adjacent to an activating group) is 1. The molecule has 1 aromatic carbocycles. The van der Waals surface area contributed by atoms with E-state index in [1.165, 1.54) is 33.3 Å². The summed E-state index contributed by atoms with van der Waals surface area (Å²) < 4.78 is 4.87. The molecule has 0 heterocycles. The summed E-state index contributed by atoms with van der Waals surface area (Å²) in [4.78, 5) is 23.2. The number of nitriles is 1. The van der Waals surface area contributed by atoms with Crippen molar-refractivity contribution in [2.45, 2.75) is 0 Å². The fourth-order valence-electron chi connectivity index (χ4n) is 1.55. The number of aliphatic hydroxyl groups is 1. The molecule has 0 saturated carbocycles. The number of nitro benzene ring substituents is 1. The van der Waals surface area contributed by atoms with E-state index >= 15 is 0 Å². The van der Waals surface area contributed by atoms with Crippen molar-refractivity contribution in [3.05, 3.63) is 39.4 Å². The van der Waals surface area contributed by atoms with Crippen molar-refractivity contribution in [3.8, 4) is 11.8 Å². The van der Waals surface area contributed by atoms with Crippen LogP contribution in [-0.4, -0.2) is 42.0 Å². The number of carbonyl (C=O) groups is 1. The van der Waals surface area contributed by atoms with Crippen LogP contribution in [0.3, 0.4) is 0 Å². The van der Waals surface area contributed by atoms with Crippen LogP contribution < -0.4 is 4.74 Å². The zero-order valence-electron chi connectivity index (χ0n) is 11.7. The zero-order valence-corrected chi connectivity index (χ0v) is 11.7. The summed E-state index contributed by atoms with van der Waals surface area (Å²) in [5.74, 6) is -1.28. The Bertz CT molecular complexity index is 658. The number of hydrogen-bond acceptors (Lipinski definition) is 6. The lowest BCUT2D eigenvalue weighted by Gasteiger charge is -2.11. The number of carbonyl (C=O) groups excluding carboxylic acids is 1. The van der Waals surface area contributed by atoms with Crippen molar-refractivity contribution in [3.63, 3.8) is 0 Å². The molecule has 110 valence electrons. The molecule has 0 saturated heterocycles. The summed E-state index contributed by atoms with van der Waals surface area (Å²) in [6.07, 6.45) is 0. The molecule has 0 fully saturated rings. The Morgan fingerprint density at radius 3 is 2.52 bits per heavy atom. The first-order chi connectivity index (χ1) is 9.83. The molecule has 1 rings (SSSR count). The second-order valence-corrected chi connectivity index (χ2v) is 4.18. The molecule has 0 bridgehead atoms. The van der Waals surface area contributed by atoms with E-state index < -0.39 is 27.9 Å². The molecule has 0 atom stereocenters. The van der Waals surface area contributed by atoms with Gasteiger partial charge in [-0.3, -0.25) is 14.9 Å². The number of amides is 1. The molecule has 0 aliphatic heterocycles. The second kappa shape index (κ2) is 6.38. The quantitative estimate of drug-likeness (QED) is 0.295. The number of hydrogen-bond donors (Lipinski definition) is 1. The van der Waals surface area contributed by atoms with Crippen LogP contribution in [0, 0.1) is 21.4 Å². The van der Waals surface area contributed by atoms with E-state index in [0.29, 0.717) is 0 Å². The van der Waals surface area contributed by atoms with Gasteiger partial charge in [0.2, 0.25) is 0 Å². The van der Waals surface area contributed by atoms with Crippen LogP contribution in [0.4, 0.5) is 5.69 Å². The van der Waals surface area contributed by atoms with Gasteiger partial charge >= 0.3 is 0 Å². The number of rotatable bonds is 4. The first-order valence-corrected chi connectivity index (χ1v) is 5.71. The van der Waals surface area contributed by atoms with Crippen LogP contribution in [0.25, 0.3) is 5.76 Å². The minimum Gasteiger partial charge on any atom is -0.505 e. The summed E-state index contributed by atoms with van der Waals surface area (Å²) in [6, 6.07) is 5.26. The van der Waals surface area contributed by atoms with Gasteiger partial charge in [-0.15, -0.1) is 0 Å². The van der Waals surface area contributed by atoms with E-state index in [4.69, 9.17) is 10.00 Å². The highest BCUT2D eigenvalue weighted by Crippen LogP contribution is 2.30. The highest BCUT2D eigenvalue weighted by atomic mass is 16.6. The Balaban J connectivity index is 3.55. The summed E-state index contributed by atoms with van der Waals surface area (Å²) in [5.41, 5.74) is -1.27. The van der Waals surface area contributed by atoms with Gasteiger partial charge in [-0.2, -0.15) is 5.26 Å². The lowest BCUT2D eigenvalue weighted by atomic mass is 10.1. The highest BCUT2D eigenvalue weighted by Gasteiger charge is 2.24. The Labute approximate surface area is 120 Å². The normalized spacial score (nSPS) is 11.1. The number of methoxy groups -OCH3 is 1. The summed E-state index contributed by atoms with van der Waals surface area (Å²) in [5, 5.41) is 30.1. The maximum atomic E-state index is 11.8. The monoisotopic (exact) mass is 291 g/mol. The Kier molecular flexibility index (Phi) is 4.86. The van der Waals surface area contributed by atoms with E-state index in [1.54, 1.807) is 6.07 Å². The number of aliphatic hydroxyl groups excluding tert-OH is 1. The third-order valence-corrected chi connectivity index (χ3v) is 2.63. The molecule has 1 aromatic rings. The molecule has 8 heteroatoms. The fourth-order valence-corrected chi connectivity index (χ4v) is 1.55. The molecule has 0 spiro atoms. The van der Waals surface area contributed by atoms with Gasteiger partial charge in [0.15, 0.2) is 11.3 Å². The van der Waals surface area contributed by atoms with Gasteiger partial charge in [0, 0.05) is 14.1 Å². The van der Waals surface area contributed by atoms with Gasteiger partial charge in [0.1, 0.15) is 11.8 Å². The molecule has 0 radical (unpaired) electrons. The maximum absolute atomic E-state index is 11.8. The van der Waals surface area contributed by atoms with E-state index in [-0.39, 0.29) is 11.3 Å². The molecule has 0 aromatic heterocycles. The molecular weight excluding hydrogens is 278 g/mol. The zero-order chi connectivity index (χ0) is 16.2. The van der Waals surface area contributed by atoms with Crippen LogP contribution in [0.2, 0.25) is 0 Å². The average Bonchev–Trinajstić information content (AvgIpc) is 2.46. The first kappa shape index (κ1) is 16.0. The van der Waals surface area contributed by atoms with Crippen molar-refractivity contribution in [2.24, 2.45) is 0 Å². The largest absolute Gasteiger partial charge is 0.505 e. The second-order valence-electron chi connectivity index (χ2n) is 4.18. The van der Waals surface area contributed by atoms with Gasteiger partial charge < -0.3 is 14.7 Å². The molecule has 0 unspecified atom stereocenters. The number of benzene rings is 1. The van der Waals surface area contributed by atoms with Crippen molar-refractivity contribution in [1.82, 2.24) is 4.90 Å². The molecule has 1 N–H and O–H groups in total.